The van der Waals surface area contributed by atoms with Crippen LogP contribution in [0.25, 0.3) is 0 Å². The van der Waals surface area contributed by atoms with Crippen molar-refractivity contribution in [2.75, 3.05) is 10.5 Å². The van der Waals surface area contributed by atoms with E-state index in [9.17, 15) is 12.8 Å². The van der Waals surface area contributed by atoms with Gasteiger partial charge in [-0.2, -0.15) is 5.26 Å². The molecule has 2 aromatic carbocycles. The predicted octanol–water partition coefficient (Wildman–Crippen LogP) is 2.08. The van der Waals surface area contributed by atoms with E-state index in [0.717, 1.165) is 18.2 Å². The number of nitriles is 1. The van der Waals surface area contributed by atoms with Gasteiger partial charge in [0, 0.05) is 0 Å². The first-order chi connectivity index (χ1) is 9.42. The van der Waals surface area contributed by atoms with E-state index in [2.05, 4.69) is 4.72 Å². The molecule has 0 heterocycles. The molecule has 0 amide bonds. The Balaban J connectivity index is 2.35. The fourth-order valence-electron chi connectivity index (χ4n) is 1.56. The smallest absolute Gasteiger partial charge is 0.261 e. The van der Waals surface area contributed by atoms with Crippen LogP contribution >= 0.6 is 0 Å². The van der Waals surface area contributed by atoms with Crippen molar-refractivity contribution in [1.82, 2.24) is 0 Å². The summed E-state index contributed by atoms with van der Waals surface area (Å²) in [4.78, 5) is -0.154. The third-order valence-corrected chi connectivity index (χ3v) is 3.90. The van der Waals surface area contributed by atoms with Crippen LogP contribution in [0.2, 0.25) is 0 Å². The molecular formula is C13H10FN3O2S. The molecule has 0 spiro atoms. The Morgan fingerprint density at radius 3 is 2.60 bits per heavy atom. The van der Waals surface area contributed by atoms with Gasteiger partial charge in [-0.25, -0.2) is 12.8 Å². The third kappa shape index (κ3) is 2.87. The number of hydrogen-bond donors (Lipinski definition) is 2. The van der Waals surface area contributed by atoms with E-state index in [1.807, 2.05) is 6.07 Å². The quantitative estimate of drug-likeness (QED) is 0.846. The maximum absolute atomic E-state index is 13.0. The van der Waals surface area contributed by atoms with Crippen LogP contribution in [-0.4, -0.2) is 8.42 Å². The summed E-state index contributed by atoms with van der Waals surface area (Å²) in [7, 11) is -3.88. The summed E-state index contributed by atoms with van der Waals surface area (Å²) in [5.41, 5.74) is 5.66. The molecule has 0 fully saturated rings. The second kappa shape index (κ2) is 5.19. The predicted molar refractivity (Wildman–Crippen MR) is 72.8 cm³/mol. The van der Waals surface area contributed by atoms with Crippen molar-refractivity contribution in [3.8, 4) is 6.07 Å². The van der Waals surface area contributed by atoms with Crippen LogP contribution in [0.1, 0.15) is 5.56 Å². The van der Waals surface area contributed by atoms with Gasteiger partial charge in [0.1, 0.15) is 5.82 Å². The van der Waals surface area contributed by atoms with E-state index in [1.54, 1.807) is 12.1 Å². The molecule has 3 N–H and O–H groups in total. The first-order valence-corrected chi connectivity index (χ1v) is 6.99. The summed E-state index contributed by atoms with van der Waals surface area (Å²) in [5, 5.41) is 8.76. The van der Waals surface area contributed by atoms with Gasteiger partial charge in [-0.15, -0.1) is 0 Å². The lowest BCUT2D eigenvalue weighted by Gasteiger charge is -2.09. The van der Waals surface area contributed by atoms with Crippen molar-refractivity contribution in [3.05, 3.63) is 53.8 Å². The van der Waals surface area contributed by atoms with E-state index >= 15 is 0 Å². The Kier molecular flexibility index (Phi) is 3.59. The Bertz CT molecular complexity index is 798. The van der Waals surface area contributed by atoms with E-state index in [0.29, 0.717) is 5.56 Å². The minimum Gasteiger partial charge on any atom is -0.396 e. The monoisotopic (exact) mass is 291 g/mol. The lowest BCUT2D eigenvalue weighted by Crippen LogP contribution is -2.13. The maximum Gasteiger partial charge on any atom is 0.261 e. The van der Waals surface area contributed by atoms with Crippen LogP contribution in [0.5, 0.6) is 0 Å². The van der Waals surface area contributed by atoms with Gasteiger partial charge < -0.3 is 5.73 Å². The molecule has 0 unspecified atom stereocenters. The van der Waals surface area contributed by atoms with Crippen molar-refractivity contribution in [3.63, 3.8) is 0 Å². The van der Waals surface area contributed by atoms with Crippen molar-refractivity contribution in [1.29, 1.82) is 5.26 Å². The van der Waals surface area contributed by atoms with Crippen LogP contribution in [0.4, 0.5) is 15.8 Å². The molecule has 0 aromatic heterocycles. The molecule has 0 aliphatic heterocycles. The highest BCUT2D eigenvalue weighted by atomic mass is 32.2. The normalized spacial score (nSPS) is 10.8. The fourth-order valence-corrected chi connectivity index (χ4v) is 2.64. The van der Waals surface area contributed by atoms with Gasteiger partial charge in [0.25, 0.3) is 10.0 Å². The van der Waals surface area contributed by atoms with E-state index in [4.69, 9.17) is 11.0 Å². The molecule has 2 aromatic rings. The second-order valence-corrected chi connectivity index (χ2v) is 5.66. The summed E-state index contributed by atoms with van der Waals surface area (Å²) in [5.74, 6) is -0.685. The molecule has 0 aliphatic carbocycles. The van der Waals surface area contributed by atoms with Crippen LogP contribution in [-0.2, 0) is 10.0 Å². The molecule has 0 atom stereocenters. The number of nitrogens with one attached hydrogen (secondary N) is 1. The van der Waals surface area contributed by atoms with E-state index in [1.165, 1.54) is 12.1 Å². The van der Waals surface area contributed by atoms with Crippen molar-refractivity contribution < 1.29 is 12.8 Å². The van der Waals surface area contributed by atoms with E-state index < -0.39 is 15.8 Å². The fraction of sp³-hybridized carbons (Fsp3) is 0. The minimum absolute atomic E-state index is 0.154. The molecule has 0 aliphatic rings. The Morgan fingerprint density at radius 1 is 1.20 bits per heavy atom. The van der Waals surface area contributed by atoms with Crippen molar-refractivity contribution in [2.45, 2.75) is 4.90 Å². The van der Waals surface area contributed by atoms with Gasteiger partial charge in [0.05, 0.1) is 27.9 Å². The topological polar surface area (TPSA) is 96.0 Å². The number of halogens is 1. The minimum atomic E-state index is -3.88. The number of anilines is 2. The standard InChI is InChI=1S/C13H10FN3O2S/c14-12-5-4-11(7-13(12)16)20(18,19)17-10-3-1-2-9(6-10)8-15/h1-7,17H,16H2. The SMILES string of the molecule is N#Cc1cccc(NS(=O)(=O)c2ccc(F)c(N)c2)c1. The first-order valence-electron chi connectivity index (χ1n) is 5.50. The molecule has 0 saturated heterocycles. The van der Waals surface area contributed by atoms with Crippen LogP contribution in [0, 0.1) is 17.1 Å². The number of nitrogens with two attached hydrogens (primary N) is 1. The molecule has 0 saturated carbocycles. The zero-order chi connectivity index (χ0) is 14.8. The average Bonchev–Trinajstić information content (AvgIpc) is 2.41. The lowest BCUT2D eigenvalue weighted by molar-refractivity contribution is 0.600. The van der Waals surface area contributed by atoms with E-state index in [-0.39, 0.29) is 16.3 Å². The van der Waals surface area contributed by atoms with Crippen molar-refractivity contribution >= 4 is 21.4 Å². The highest BCUT2D eigenvalue weighted by Crippen LogP contribution is 2.20. The number of sulfonamides is 1. The van der Waals surface area contributed by atoms with Gasteiger partial charge in [-0.05, 0) is 36.4 Å². The zero-order valence-electron chi connectivity index (χ0n) is 10.2. The summed E-state index contributed by atoms with van der Waals surface area (Å²) < 4.78 is 39.5. The number of benzene rings is 2. The van der Waals surface area contributed by atoms with Gasteiger partial charge in [-0.3, -0.25) is 4.72 Å². The van der Waals surface area contributed by atoms with Crippen molar-refractivity contribution in [2.24, 2.45) is 0 Å². The van der Waals surface area contributed by atoms with Gasteiger partial charge in [0.15, 0.2) is 0 Å². The Labute approximate surface area is 115 Å². The summed E-state index contributed by atoms with van der Waals surface area (Å²) in [6, 6.07) is 11.0. The third-order valence-electron chi connectivity index (χ3n) is 2.52. The molecule has 0 bridgehead atoms. The molecule has 20 heavy (non-hydrogen) atoms. The summed E-state index contributed by atoms with van der Waals surface area (Å²) in [6.07, 6.45) is 0. The average molecular weight is 291 g/mol. The lowest BCUT2D eigenvalue weighted by atomic mass is 10.2. The first kappa shape index (κ1) is 13.8. The molecule has 2 rings (SSSR count). The van der Waals surface area contributed by atoms with Crippen LogP contribution in [0.3, 0.4) is 0 Å². The second-order valence-electron chi connectivity index (χ2n) is 3.98. The molecule has 0 radical (unpaired) electrons. The molecule has 102 valence electrons. The number of nitrogens with zero attached hydrogens (tertiary/aromatic N) is 1. The van der Waals surface area contributed by atoms with Crippen LogP contribution in [0.15, 0.2) is 47.4 Å². The largest absolute Gasteiger partial charge is 0.396 e. The molecule has 5 nitrogen and oxygen atoms in total. The summed E-state index contributed by atoms with van der Waals surface area (Å²) in [6.45, 7) is 0. The Hall–Kier alpha value is -2.59. The van der Waals surface area contributed by atoms with Gasteiger partial charge in [0.2, 0.25) is 0 Å². The number of nitrogen functional groups attached to an aromatic ring is 1. The van der Waals surface area contributed by atoms with Gasteiger partial charge in [-0.1, -0.05) is 6.07 Å². The highest BCUT2D eigenvalue weighted by Gasteiger charge is 2.15. The number of rotatable bonds is 3. The van der Waals surface area contributed by atoms with Crippen LogP contribution < -0.4 is 10.5 Å². The number of hydrogen-bond acceptors (Lipinski definition) is 4. The van der Waals surface area contributed by atoms with Gasteiger partial charge >= 0.3 is 0 Å². The summed E-state index contributed by atoms with van der Waals surface area (Å²) >= 11 is 0. The molecular weight excluding hydrogens is 281 g/mol. The molecule has 7 heteroatoms. The highest BCUT2D eigenvalue weighted by molar-refractivity contribution is 7.92. The maximum atomic E-state index is 13.0. The Morgan fingerprint density at radius 2 is 1.95 bits per heavy atom. The zero-order valence-corrected chi connectivity index (χ0v) is 11.0.